The lowest BCUT2D eigenvalue weighted by Gasteiger charge is -2.29. The molecule has 0 N–H and O–H groups in total. The van der Waals surface area contributed by atoms with Crippen LogP contribution in [0.5, 0.6) is 0 Å². The first-order valence-corrected chi connectivity index (χ1v) is 11.3. The number of rotatable bonds is 15. The molecule has 0 spiro atoms. The van der Waals surface area contributed by atoms with Gasteiger partial charge in [-0.1, -0.05) is 13.2 Å². The molecule has 1 aliphatic rings. The van der Waals surface area contributed by atoms with Crippen molar-refractivity contribution < 1.29 is 42.9 Å². The summed E-state index contributed by atoms with van der Waals surface area (Å²) in [7, 11) is 0. The highest BCUT2D eigenvalue weighted by molar-refractivity contribution is 5.87. The van der Waals surface area contributed by atoms with Crippen LogP contribution in [-0.4, -0.2) is 62.5 Å². The van der Waals surface area contributed by atoms with E-state index in [4.69, 9.17) is 23.7 Å². The van der Waals surface area contributed by atoms with Crippen molar-refractivity contribution in [3.05, 3.63) is 24.3 Å². The average Bonchev–Trinajstić information content (AvgIpc) is 2.77. The molecule has 9 heteroatoms. The van der Waals surface area contributed by atoms with Crippen LogP contribution in [0.15, 0.2) is 24.3 Å². The molecule has 1 aliphatic heterocycles. The topological polar surface area (TPSA) is 114 Å². The summed E-state index contributed by atoms with van der Waals surface area (Å²) in [5.41, 5.74) is 0.684. The lowest BCUT2D eigenvalue weighted by Crippen LogP contribution is -2.35. The van der Waals surface area contributed by atoms with Gasteiger partial charge in [-0.25, -0.2) is 9.59 Å². The highest BCUT2D eigenvalue weighted by Gasteiger charge is 2.26. The van der Waals surface area contributed by atoms with Gasteiger partial charge in [0.15, 0.2) is 0 Å². The summed E-state index contributed by atoms with van der Waals surface area (Å²) in [6.45, 7) is 11.1. The van der Waals surface area contributed by atoms with Crippen molar-refractivity contribution in [2.24, 2.45) is 0 Å². The van der Waals surface area contributed by atoms with E-state index in [-0.39, 0.29) is 56.8 Å². The fraction of sp³-hybridized carbons (Fsp3) is 0.667. The average molecular weight is 469 g/mol. The summed E-state index contributed by atoms with van der Waals surface area (Å²) in [6, 6.07) is 0. The Morgan fingerprint density at radius 2 is 1.36 bits per heavy atom. The van der Waals surface area contributed by atoms with Gasteiger partial charge < -0.3 is 23.7 Å². The van der Waals surface area contributed by atoms with Gasteiger partial charge in [0.1, 0.15) is 12.7 Å². The van der Waals surface area contributed by atoms with Gasteiger partial charge in [0.05, 0.1) is 25.9 Å². The predicted octanol–water partition coefficient (Wildman–Crippen LogP) is 3.20. The van der Waals surface area contributed by atoms with Crippen LogP contribution in [0, 0.1) is 0 Å². The molecule has 33 heavy (non-hydrogen) atoms. The van der Waals surface area contributed by atoms with Gasteiger partial charge in [0.2, 0.25) is 0 Å². The Morgan fingerprint density at radius 1 is 0.818 bits per heavy atom. The number of unbranched alkanes of at least 4 members (excludes halogenated alkanes) is 2. The maximum atomic E-state index is 12.0. The van der Waals surface area contributed by atoms with Crippen LogP contribution in [-0.2, 0) is 42.9 Å². The van der Waals surface area contributed by atoms with Gasteiger partial charge in [-0.05, 0) is 39.5 Å². The third kappa shape index (κ3) is 13.5. The molecule has 1 fully saturated rings. The molecule has 0 radical (unpaired) electrons. The molecular formula is C24H36O9. The number of carbonyl (C=O) groups excluding carboxylic acids is 4. The molecule has 9 nitrogen and oxygen atoms in total. The summed E-state index contributed by atoms with van der Waals surface area (Å²) in [5.74, 6) is -1.53. The minimum atomic E-state index is -0.439. The van der Waals surface area contributed by atoms with Crippen molar-refractivity contribution in [2.45, 2.75) is 77.4 Å². The maximum Gasteiger partial charge on any atom is 0.333 e. The van der Waals surface area contributed by atoms with E-state index in [1.807, 2.05) is 0 Å². The Morgan fingerprint density at radius 3 is 1.91 bits per heavy atom. The first-order chi connectivity index (χ1) is 15.7. The van der Waals surface area contributed by atoms with Crippen LogP contribution in [0.4, 0.5) is 0 Å². The van der Waals surface area contributed by atoms with Gasteiger partial charge in [-0.2, -0.15) is 0 Å². The van der Waals surface area contributed by atoms with Crippen LogP contribution in [0.3, 0.4) is 0 Å². The van der Waals surface area contributed by atoms with Gasteiger partial charge in [-0.15, -0.1) is 0 Å². The molecule has 1 heterocycles. The molecule has 1 rings (SSSR count). The zero-order valence-electron chi connectivity index (χ0n) is 19.7. The first-order valence-electron chi connectivity index (χ1n) is 11.3. The zero-order chi connectivity index (χ0) is 24.6. The third-order valence-electron chi connectivity index (χ3n) is 4.76. The van der Waals surface area contributed by atoms with Crippen LogP contribution >= 0.6 is 0 Å². The van der Waals surface area contributed by atoms with E-state index in [0.29, 0.717) is 56.3 Å². The lowest BCUT2D eigenvalue weighted by atomic mass is 10.1. The van der Waals surface area contributed by atoms with E-state index in [9.17, 15) is 19.2 Å². The summed E-state index contributed by atoms with van der Waals surface area (Å²) in [4.78, 5) is 46.4. The number of esters is 4. The molecule has 2 unspecified atom stereocenters. The SMILES string of the molecule is C=C(C)C(=O)OCCCCC(=O)OCC1CC(OC(=O)CCCCOC(=O)C(=C)C)CCO1. The van der Waals surface area contributed by atoms with E-state index in [2.05, 4.69) is 13.2 Å². The zero-order valence-corrected chi connectivity index (χ0v) is 19.7. The van der Waals surface area contributed by atoms with Gasteiger partial charge in [0.25, 0.3) is 0 Å². The molecule has 0 aromatic rings. The van der Waals surface area contributed by atoms with Crippen molar-refractivity contribution in [2.75, 3.05) is 26.4 Å². The number of ether oxygens (including phenoxy) is 5. The van der Waals surface area contributed by atoms with Crippen LogP contribution < -0.4 is 0 Å². The second kappa shape index (κ2) is 16.0. The van der Waals surface area contributed by atoms with Gasteiger partial charge in [0, 0.05) is 36.8 Å². The Hall–Kier alpha value is -2.68. The Bertz CT molecular complexity index is 698. The third-order valence-corrected chi connectivity index (χ3v) is 4.76. The molecule has 1 saturated heterocycles. The van der Waals surface area contributed by atoms with Crippen molar-refractivity contribution in [1.82, 2.24) is 0 Å². The smallest absolute Gasteiger partial charge is 0.333 e. The van der Waals surface area contributed by atoms with Gasteiger partial charge >= 0.3 is 23.9 Å². The Balaban J connectivity index is 2.13. The number of hydrogen-bond donors (Lipinski definition) is 0. The summed E-state index contributed by atoms with van der Waals surface area (Å²) < 4.78 is 26.3. The van der Waals surface area contributed by atoms with E-state index in [0.717, 1.165) is 0 Å². The van der Waals surface area contributed by atoms with Crippen LogP contribution in [0.1, 0.15) is 65.2 Å². The fourth-order valence-electron chi connectivity index (χ4n) is 2.89. The molecular weight excluding hydrogens is 432 g/mol. The standard InChI is InChI=1S/C24H36O9/c1-17(2)23(27)30-12-7-5-9-21(25)32-16-20-15-19(11-14-29-20)33-22(26)10-6-8-13-31-24(28)18(3)4/h19-20H,1,3,5-16H2,2,4H3. The minimum Gasteiger partial charge on any atom is -0.463 e. The molecule has 0 aliphatic carbocycles. The molecule has 0 aromatic carbocycles. The highest BCUT2D eigenvalue weighted by Crippen LogP contribution is 2.18. The summed E-state index contributed by atoms with van der Waals surface area (Å²) in [5, 5.41) is 0. The lowest BCUT2D eigenvalue weighted by molar-refractivity contribution is -0.163. The minimum absolute atomic E-state index is 0.103. The van der Waals surface area contributed by atoms with Crippen molar-refractivity contribution in [3.8, 4) is 0 Å². The van der Waals surface area contributed by atoms with Gasteiger partial charge in [-0.3, -0.25) is 9.59 Å². The first kappa shape index (κ1) is 28.4. The van der Waals surface area contributed by atoms with E-state index in [1.54, 1.807) is 13.8 Å². The largest absolute Gasteiger partial charge is 0.463 e. The monoisotopic (exact) mass is 468 g/mol. The molecule has 0 saturated carbocycles. The van der Waals surface area contributed by atoms with E-state index < -0.39 is 11.9 Å². The van der Waals surface area contributed by atoms with E-state index in [1.165, 1.54) is 0 Å². The molecule has 2 atom stereocenters. The van der Waals surface area contributed by atoms with E-state index >= 15 is 0 Å². The summed E-state index contributed by atoms with van der Waals surface area (Å²) >= 11 is 0. The van der Waals surface area contributed by atoms with Crippen molar-refractivity contribution >= 4 is 23.9 Å². The predicted molar refractivity (Wildman–Crippen MR) is 119 cm³/mol. The molecule has 0 amide bonds. The second-order valence-electron chi connectivity index (χ2n) is 8.06. The highest BCUT2D eigenvalue weighted by atomic mass is 16.6. The fourth-order valence-corrected chi connectivity index (χ4v) is 2.89. The second-order valence-corrected chi connectivity index (χ2v) is 8.06. The number of hydrogen-bond acceptors (Lipinski definition) is 9. The Kier molecular flexibility index (Phi) is 13.8. The van der Waals surface area contributed by atoms with Crippen LogP contribution in [0.25, 0.3) is 0 Å². The number of carbonyl (C=O) groups is 4. The molecule has 186 valence electrons. The Labute approximate surface area is 195 Å². The molecule has 0 aromatic heterocycles. The van der Waals surface area contributed by atoms with Crippen LogP contribution in [0.2, 0.25) is 0 Å². The quantitative estimate of drug-likeness (QED) is 0.155. The maximum absolute atomic E-state index is 12.0. The normalized spacial score (nSPS) is 17.5. The summed E-state index contributed by atoms with van der Waals surface area (Å²) in [6.07, 6.45) is 3.14. The van der Waals surface area contributed by atoms with Crippen molar-refractivity contribution in [1.29, 1.82) is 0 Å². The molecule has 0 bridgehead atoms. The van der Waals surface area contributed by atoms with Crippen molar-refractivity contribution in [3.63, 3.8) is 0 Å².